The standard InChI is InChI=1S/C20H26N2O5S/c1-4-26-19-8-6-5-7-17(19)13-21-20(23)15-27-18-11-9-16(10-12-18)14-22(2)28(3,24)25/h5-12H,4,13-15H2,1-3H3,(H,21,23). The van der Waals surface area contributed by atoms with E-state index in [1.54, 1.807) is 24.3 Å². The average molecular weight is 407 g/mol. The van der Waals surface area contributed by atoms with Crippen molar-refractivity contribution in [1.29, 1.82) is 0 Å². The maximum Gasteiger partial charge on any atom is 0.258 e. The molecule has 0 unspecified atom stereocenters. The Balaban J connectivity index is 1.81. The molecule has 0 heterocycles. The number of sulfonamides is 1. The molecule has 0 aromatic heterocycles. The lowest BCUT2D eigenvalue weighted by atomic mass is 10.2. The molecule has 0 radical (unpaired) electrons. The minimum atomic E-state index is -3.23. The number of ether oxygens (including phenoxy) is 2. The van der Waals surface area contributed by atoms with E-state index in [4.69, 9.17) is 9.47 Å². The highest BCUT2D eigenvalue weighted by molar-refractivity contribution is 7.88. The fourth-order valence-electron chi connectivity index (χ4n) is 2.41. The average Bonchev–Trinajstić information content (AvgIpc) is 2.66. The van der Waals surface area contributed by atoms with Gasteiger partial charge in [-0.05, 0) is 30.7 Å². The highest BCUT2D eigenvalue weighted by atomic mass is 32.2. The molecule has 1 N–H and O–H groups in total. The predicted molar refractivity (Wildman–Crippen MR) is 108 cm³/mol. The van der Waals surface area contributed by atoms with Gasteiger partial charge in [0.1, 0.15) is 11.5 Å². The molecular weight excluding hydrogens is 380 g/mol. The van der Waals surface area contributed by atoms with Gasteiger partial charge in [-0.15, -0.1) is 0 Å². The second-order valence-corrected chi connectivity index (χ2v) is 8.36. The van der Waals surface area contributed by atoms with E-state index in [9.17, 15) is 13.2 Å². The summed E-state index contributed by atoms with van der Waals surface area (Å²) in [6.45, 7) is 2.99. The molecule has 0 atom stereocenters. The number of carbonyl (C=O) groups excluding carboxylic acids is 1. The normalized spacial score (nSPS) is 11.3. The molecule has 2 rings (SSSR count). The topological polar surface area (TPSA) is 84.9 Å². The van der Waals surface area contributed by atoms with Crippen LogP contribution in [-0.2, 0) is 27.9 Å². The summed E-state index contributed by atoms with van der Waals surface area (Å²) in [5, 5.41) is 2.80. The Hall–Kier alpha value is -2.58. The van der Waals surface area contributed by atoms with Gasteiger partial charge in [-0.1, -0.05) is 30.3 Å². The zero-order chi connectivity index (χ0) is 20.6. The molecule has 7 nitrogen and oxygen atoms in total. The fourth-order valence-corrected chi connectivity index (χ4v) is 2.79. The maximum absolute atomic E-state index is 12.0. The summed E-state index contributed by atoms with van der Waals surface area (Å²) in [5.74, 6) is 1.05. The largest absolute Gasteiger partial charge is 0.494 e. The van der Waals surface area contributed by atoms with Crippen molar-refractivity contribution in [3.05, 3.63) is 59.7 Å². The Bertz CT molecular complexity index is 882. The highest BCUT2D eigenvalue weighted by Gasteiger charge is 2.11. The van der Waals surface area contributed by atoms with Gasteiger partial charge in [0.05, 0.1) is 12.9 Å². The summed E-state index contributed by atoms with van der Waals surface area (Å²) in [7, 11) is -1.71. The first-order valence-electron chi connectivity index (χ1n) is 8.90. The summed E-state index contributed by atoms with van der Waals surface area (Å²) >= 11 is 0. The summed E-state index contributed by atoms with van der Waals surface area (Å²) in [4.78, 5) is 12.0. The van der Waals surface area contributed by atoms with E-state index in [0.29, 0.717) is 18.9 Å². The van der Waals surface area contributed by atoms with Crippen LogP contribution in [0.25, 0.3) is 0 Å². The van der Waals surface area contributed by atoms with E-state index in [1.807, 2.05) is 31.2 Å². The number of para-hydroxylation sites is 1. The zero-order valence-electron chi connectivity index (χ0n) is 16.3. The smallest absolute Gasteiger partial charge is 0.258 e. The number of nitrogens with one attached hydrogen (secondary N) is 1. The first-order chi connectivity index (χ1) is 13.3. The second kappa shape index (κ2) is 10.1. The SMILES string of the molecule is CCOc1ccccc1CNC(=O)COc1ccc(CN(C)S(C)(=O)=O)cc1. The minimum Gasteiger partial charge on any atom is -0.494 e. The van der Waals surface area contributed by atoms with Crippen molar-refractivity contribution in [2.75, 3.05) is 26.5 Å². The molecule has 0 aliphatic carbocycles. The Morgan fingerprint density at radius 2 is 1.75 bits per heavy atom. The summed E-state index contributed by atoms with van der Waals surface area (Å²) < 4.78 is 35.2. The molecule has 0 aliphatic rings. The molecule has 1 amide bonds. The number of hydrogen-bond donors (Lipinski definition) is 1. The van der Waals surface area contributed by atoms with Crippen LogP contribution in [0.2, 0.25) is 0 Å². The van der Waals surface area contributed by atoms with Crippen LogP contribution < -0.4 is 14.8 Å². The summed E-state index contributed by atoms with van der Waals surface area (Å²) in [6.07, 6.45) is 1.16. The van der Waals surface area contributed by atoms with E-state index in [1.165, 1.54) is 11.4 Å². The van der Waals surface area contributed by atoms with Crippen LogP contribution in [0, 0.1) is 0 Å². The van der Waals surface area contributed by atoms with E-state index in [-0.39, 0.29) is 19.1 Å². The van der Waals surface area contributed by atoms with Gasteiger partial charge in [-0.2, -0.15) is 0 Å². The van der Waals surface area contributed by atoms with Gasteiger partial charge in [0, 0.05) is 25.7 Å². The van der Waals surface area contributed by atoms with Gasteiger partial charge >= 0.3 is 0 Å². The van der Waals surface area contributed by atoms with Crippen molar-refractivity contribution < 1.29 is 22.7 Å². The zero-order valence-corrected chi connectivity index (χ0v) is 17.2. The third-order valence-corrected chi connectivity index (χ3v) is 5.27. The number of rotatable bonds is 10. The first-order valence-corrected chi connectivity index (χ1v) is 10.7. The summed E-state index contributed by atoms with van der Waals surface area (Å²) in [6, 6.07) is 14.5. The van der Waals surface area contributed by atoms with Crippen LogP contribution in [0.15, 0.2) is 48.5 Å². The van der Waals surface area contributed by atoms with Crippen LogP contribution >= 0.6 is 0 Å². The van der Waals surface area contributed by atoms with E-state index in [0.717, 1.165) is 23.1 Å². The minimum absolute atomic E-state index is 0.112. The van der Waals surface area contributed by atoms with E-state index in [2.05, 4.69) is 5.32 Å². The molecule has 0 saturated heterocycles. The molecule has 0 aliphatic heterocycles. The lowest BCUT2D eigenvalue weighted by molar-refractivity contribution is -0.123. The molecule has 8 heteroatoms. The van der Waals surface area contributed by atoms with Crippen LogP contribution in [0.4, 0.5) is 0 Å². The van der Waals surface area contributed by atoms with Gasteiger partial charge in [0.15, 0.2) is 6.61 Å². The maximum atomic E-state index is 12.0. The highest BCUT2D eigenvalue weighted by Crippen LogP contribution is 2.17. The third-order valence-electron chi connectivity index (χ3n) is 4.01. The van der Waals surface area contributed by atoms with Crippen molar-refractivity contribution in [2.24, 2.45) is 0 Å². The molecule has 2 aromatic rings. The van der Waals surface area contributed by atoms with Crippen molar-refractivity contribution in [1.82, 2.24) is 9.62 Å². The molecule has 28 heavy (non-hydrogen) atoms. The number of nitrogens with zero attached hydrogens (tertiary/aromatic N) is 1. The van der Waals surface area contributed by atoms with Crippen LogP contribution in [-0.4, -0.2) is 45.1 Å². The Morgan fingerprint density at radius 3 is 2.39 bits per heavy atom. The third kappa shape index (κ3) is 6.86. The molecule has 0 bridgehead atoms. The van der Waals surface area contributed by atoms with Crippen LogP contribution in [0.3, 0.4) is 0 Å². The van der Waals surface area contributed by atoms with Crippen molar-refractivity contribution in [2.45, 2.75) is 20.0 Å². The van der Waals surface area contributed by atoms with Crippen molar-refractivity contribution >= 4 is 15.9 Å². The molecule has 0 spiro atoms. The molecular formula is C20H26N2O5S. The number of amides is 1. The molecule has 2 aromatic carbocycles. The van der Waals surface area contributed by atoms with Gasteiger partial charge < -0.3 is 14.8 Å². The Labute approximate surface area is 166 Å². The Morgan fingerprint density at radius 1 is 1.07 bits per heavy atom. The number of hydrogen-bond acceptors (Lipinski definition) is 5. The van der Waals surface area contributed by atoms with Gasteiger partial charge in [-0.25, -0.2) is 12.7 Å². The lowest BCUT2D eigenvalue weighted by Gasteiger charge is -2.14. The number of carbonyl (C=O) groups is 1. The molecule has 0 fully saturated rings. The van der Waals surface area contributed by atoms with Gasteiger partial charge in [0.2, 0.25) is 10.0 Å². The number of benzene rings is 2. The molecule has 152 valence electrons. The van der Waals surface area contributed by atoms with E-state index >= 15 is 0 Å². The van der Waals surface area contributed by atoms with Gasteiger partial charge in [0.25, 0.3) is 5.91 Å². The monoisotopic (exact) mass is 406 g/mol. The predicted octanol–water partition coefficient (Wildman–Crippen LogP) is 2.17. The quantitative estimate of drug-likeness (QED) is 0.654. The van der Waals surface area contributed by atoms with Crippen LogP contribution in [0.1, 0.15) is 18.1 Å². The Kier molecular flexibility index (Phi) is 7.83. The van der Waals surface area contributed by atoms with Gasteiger partial charge in [-0.3, -0.25) is 4.79 Å². The van der Waals surface area contributed by atoms with Crippen molar-refractivity contribution in [3.8, 4) is 11.5 Å². The lowest BCUT2D eigenvalue weighted by Crippen LogP contribution is -2.28. The van der Waals surface area contributed by atoms with Crippen LogP contribution in [0.5, 0.6) is 11.5 Å². The molecule has 0 saturated carbocycles. The van der Waals surface area contributed by atoms with Crippen molar-refractivity contribution in [3.63, 3.8) is 0 Å². The fraction of sp³-hybridized carbons (Fsp3) is 0.350. The summed E-state index contributed by atoms with van der Waals surface area (Å²) in [5.41, 5.74) is 1.73. The first kappa shape index (κ1) is 21.7. The van der Waals surface area contributed by atoms with E-state index < -0.39 is 10.0 Å². The second-order valence-electron chi connectivity index (χ2n) is 6.27.